The minimum atomic E-state index is -3.75. The highest BCUT2D eigenvalue weighted by molar-refractivity contribution is 9.10. The molecule has 0 bridgehead atoms. The van der Waals surface area contributed by atoms with E-state index >= 15 is 0 Å². The van der Waals surface area contributed by atoms with Crippen molar-refractivity contribution in [2.24, 2.45) is 0 Å². The third kappa shape index (κ3) is 3.41. The van der Waals surface area contributed by atoms with Gasteiger partial charge in [0.1, 0.15) is 10.7 Å². The second kappa shape index (κ2) is 5.85. The fraction of sp³-hybridized carbons (Fsp3) is 0.250. The largest absolute Gasteiger partial charge is 0.444 e. The Balaban J connectivity index is 2.27. The highest BCUT2D eigenvalue weighted by atomic mass is 79.9. The van der Waals surface area contributed by atoms with Crippen molar-refractivity contribution in [3.63, 3.8) is 0 Å². The number of sulfonamides is 1. The topological polar surface area (TPSA) is 72.2 Å². The molecule has 0 aliphatic carbocycles. The molecule has 1 N–H and O–H groups in total. The zero-order valence-electron chi connectivity index (χ0n) is 10.7. The normalized spacial score (nSPS) is 13.4. The van der Waals surface area contributed by atoms with E-state index in [2.05, 4.69) is 25.6 Å². The molecular formula is C12H12BrClN2O3S. The number of rotatable bonds is 4. The summed E-state index contributed by atoms with van der Waals surface area (Å²) in [7, 11) is -3.75. The van der Waals surface area contributed by atoms with Crippen molar-refractivity contribution in [2.45, 2.75) is 24.8 Å². The predicted octanol–water partition coefficient (Wildman–Crippen LogP) is 3.44. The van der Waals surface area contributed by atoms with Gasteiger partial charge in [0.05, 0.1) is 17.3 Å². The molecule has 1 aromatic carbocycles. The quantitative estimate of drug-likeness (QED) is 0.883. The van der Waals surface area contributed by atoms with E-state index in [1.807, 2.05) is 0 Å². The molecule has 5 nitrogen and oxygen atoms in total. The fourth-order valence-electron chi connectivity index (χ4n) is 1.61. The van der Waals surface area contributed by atoms with Crippen LogP contribution in [-0.4, -0.2) is 13.4 Å². The average Bonchev–Trinajstić information content (AvgIpc) is 2.74. The first kappa shape index (κ1) is 15.5. The SMILES string of the molecule is Cc1cnc(C(C)NS(=O)(=O)c2ccc(Br)cc2Cl)o1. The van der Waals surface area contributed by atoms with Crippen LogP contribution in [0.4, 0.5) is 0 Å². The monoisotopic (exact) mass is 378 g/mol. The van der Waals surface area contributed by atoms with E-state index in [0.717, 1.165) is 0 Å². The lowest BCUT2D eigenvalue weighted by molar-refractivity contribution is 0.428. The number of halogens is 2. The molecule has 8 heteroatoms. The van der Waals surface area contributed by atoms with Crippen molar-refractivity contribution >= 4 is 37.6 Å². The molecule has 0 fully saturated rings. The molecule has 2 aromatic rings. The van der Waals surface area contributed by atoms with Crippen LogP contribution < -0.4 is 4.72 Å². The highest BCUT2D eigenvalue weighted by Gasteiger charge is 2.23. The molecule has 0 saturated heterocycles. The van der Waals surface area contributed by atoms with Crippen LogP contribution in [-0.2, 0) is 10.0 Å². The van der Waals surface area contributed by atoms with Crippen molar-refractivity contribution in [1.82, 2.24) is 9.71 Å². The lowest BCUT2D eigenvalue weighted by Gasteiger charge is -2.12. The summed E-state index contributed by atoms with van der Waals surface area (Å²) in [4.78, 5) is 4.01. The van der Waals surface area contributed by atoms with Gasteiger partial charge in [-0.15, -0.1) is 0 Å². The summed E-state index contributed by atoms with van der Waals surface area (Å²) in [6, 6.07) is 3.98. The van der Waals surface area contributed by atoms with E-state index in [9.17, 15) is 8.42 Å². The lowest BCUT2D eigenvalue weighted by atomic mass is 10.4. The fourth-order valence-corrected chi connectivity index (χ4v) is 3.85. The van der Waals surface area contributed by atoms with E-state index in [4.69, 9.17) is 16.0 Å². The molecule has 0 saturated carbocycles. The predicted molar refractivity (Wildman–Crippen MR) is 79.1 cm³/mol. The van der Waals surface area contributed by atoms with Crippen LogP contribution in [0, 0.1) is 6.92 Å². The second-order valence-electron chi connectivity index (χ2n) is 4.23. The summed E-state index contributed by atoms with van der Waals surface area (Å²) < 4.78 is 33.0. The van der Waals surface area contributed by atoms with Gasteiger partial charge in [-0.1, -0.05) is 27.5 Å². The molecule has 1 heterocycles. The summed E-state index contributed by atoms with van der Waals surface area (Å²) in [6.07, 6.45) is 1.53. The van der Waals surface area contributed by atoms with E-state index in [-0.39, 0.29) is 9.92 Å². The molecule has 2 rings (SSSR count). The van der Waals surface area contributed by atoms with Gasteiger partial charge < -0.3 is 4.42 Å². The van der Waals surface area contributed by atoms with Gasteiger partial charge in [0, 0.05) is 4.47 Å². The maximum Gasteiger partial charge on any atom is 0.242 e. The Morgan fingerprint density at radius 1 is 1.45 bits per heavy atom. The van der Waals surface area contributed by atoms with E-state index in [0.29, 0.717) is 16.1 Å². The molecular weight excluding hydrogens is 368 g/mol. The highest BCUT2D eigenvalue weighted by Crippen LogP contribution is 2.26. The summed E-state index contributed by atoms with van der Waals surface area (Å²) in [5.74, 6) is 0.923. The van der Waals surface area contributed by atoms with Gasteiger partial charge in [-0.25, -0.2) is 13.4 Å². The number of hydrogen-bond acceptors (Lipinski definition) is 4. The van der Waals surface area contributed by atoms with Crippen LogP contribution in [0.2, 0.25) is 5.02 Å². The van der Waals surface area contributed by atoms with Crippen molar-refractivity contribution in [1.29, 1.82) is 0 Å². The van der Waals surface area contributed by atoms with E-state index in [1.165, 1.54) is 18.3 Å². The van der Waals surface area contributed by atoms with Crippen molar-refractivity contribution in [3.05, 3.63) is 45.5 Å². The van der Waals surface area contributed by atoms with Gasteiger partial charge >= 0.3 is 0 Å². The third-order valence-corrected chi connectivity index (χ3v) is 5.04. The van der Waals surface area contributed by atoms with Crippen LogP contribution in [0.15, 0.2) is 38.2 Å². The van der Waals surface area contributed by atoms with Gasteiger partial charge in [0.15, 0.2) is 0 Å². The number of aromatic nitrogens is 1. The Morgan fingerprint density at radius 2 is 2.15 bits per heavy atom. The molecule has 1 atom stereocenters. The zero-order valence-corrected chi connectivity index (χ0v) is 13.9. The second-order valence-corrected chi connectivity index (χ2v) is 7.23. The van der Waals surface area contributed by atoms with Crippen LogP contribution in [0.5, 0.6) is 0 Å². The van der Waals surface area contributed by atoms with E-state index < -0.39 is 16.1 Å². The van der Waals surface area contributed by atoms with Gasteiger partial charge in [0.2, 0.25) is 15.9 Å². The Labute approximate surface area is 130 Å². The first-order chi connectivity index (χ1) is 9.29. The van der Waals surface area contributed by atoms with Gasteiger partial charge in [0.25, 0.3) is 0 Å². The standard InChI is InChI=1S/C12H12BrClN2O3S/c1-7-6-15-12(19-7)8(2)16-20(17,18)11-4-3-9(13)5-10(11)14/h3-6,8,16H,1-2H3. The molecule has 0 radical (unpaired) electrons. The van der Waals surface area contributed by atoms with Crippen LogP contribution in [0.3, 0.4) is 0 Å². The molecule has 0 aliphatic heterocycles. The van der Waals surface area contributed by atoms with Crippen LogP contribution in [0.25, 0.3) is 0 Å². The minimum absolute atomic E-state index is 0.0116. The average molecular weight is 380 g/mol. The third-order valence-electron chi connectivity index (χ3n) is 2.52. The zero-order chi connectivity index (χ0) is 14.9. The molecule has 1 unspecified atom stereocenters. The molecule has 20 heavy (non-hydrogen) atoms. The number of benzene rings is 1. The van der Waals surface area contributed by atoms with Crippen LogP contribution >= 0.6 is 27.5 Å². The molecule has 0 amide bonds. The van der Waals surface area contributed by atoms with Gasteiger partial charge in [-0.2, -0.15) is 4.72 Å². The molecule has 1 aromatic heterocycles. The molecule has 0 spiro atoms. The maximum absolute atomic E-state index is 12.3. The summed E-state index contributed by atoms with van der Waals surface area (Å²) >= 11 is 9.19. The first-order valence-electron chi connectivity index (χ1n) is 5.69. The van der Waals surface area contributed by atoms with E-state index in [1.54, 1.807) is 19.9 Å². The number of aryl methyl sites for hydroxylation is 1. The first-order valence-corrected chi connectivity index (χ1v) is 8.35. The Morgan fingerprint density at radius 3 is 2.70 bits per heavy atom. The van der Waals surface area contributed by atoms with Crippen molar-refractivity contribution < 1.29 is 12.8 Å². The van der Waals surface area contributed by atoms with Crippen molar-refractivity contribution in [2.75, 3.05) is 0 Å². The smallest absolute Gasteiger partial charge is 0.242 e. The van der Waals surface area contributed by atoms with Gasteiger partial charge in [-0.3, -0.25) is 0 Å². The lowest BCUT2D eigenvalue weighted by Crippen LogP contribution is -2.27. The van der Waals surface area contributed by atoms with Crippen LogP contribution in [0.1, 0.15) is 24.6 Å². The summed E-state index contributed by atoms with van der Waals surface area (Å²) in [5, 5.41) is 0.141. The van der Waals surface area contributed by atoms with Gasteiger partial charge in [-0.05, 0) is 32.0 Å². The number of nitrogens with zero attached hydrogens (tertiary/aromatic N) is 1. The number of hydrogen-bond donors (Lipinski definition) is 1. The number of oxazole rings is 1. The Bertz CT molecular complexity index is 730. The minimum Gasteiger partial charge on any atom is -0.444 e. The summed E-state index contributed by atoms with van der Waals surface area (Å²) in [6.45, 7) is 3.39. The molecule has 0 aliphatic rings. The van der Waals surface area contributed by atoms with Crippen molar-refractivity contribution in [3.8, 4) is 0 Å². The molecule has 108 valence electrons. The Kier molecular flexibility index (Phi) is 4.53. The maximum atomic E-state index is 12.3. The summed E-state index contributed by atoms with van der Waals surface area (Å²) in [5.41, 5.74) is 0. The Hall–Kier alpha value is -0.890. The number of nitrogens with one attached hydrogen (secondary N) is 1.